The predicted molar refractivity (Wildman–Crippen MR) is 102 cm³/mol. The summed E-state index contributed by atoms with van der Waals surface area (Å²) in [4.78, 5) is 24.0. The fourth-order valence-electron chi connectivity index (χ4n) is 3.44. The molecule has 0 aromatic heterocycles. The van der Waals surface area contributed by atoms with Gasteiger partial charge >= 0.3 is 11.8 Å². The molecule has 6 nitrogen and oxygen atoms in total. The maximum Gasteiger partial charge on any atom is 0.329 e. The van der Waals surface area contributed by atoms with Crippen molar-refractivity contribution in [2.75, 3.05) is 0 Å². The molecule has 2 rings (SSSR count). The van der Waals surface area contributed by atoms with E-state index >= 15 is 0 Å². The summed E-state index contributed by atoms with van der Waals surface area (Å²) in [5.74, 6) is -1.42. The number of halogens is 1. The van der Waals surface area contributed by atoms with E-state index in [1.54, 1.807) is 0 Å². The molecule has 1 heterocycles. The molecule has 136 valence electrons. The SMILES string of the molecule is CC1(C)CC(NC(=O)C(=O)N/N=C\c2ccc(Br)cc2)CC(C)(C)N1. The number of carbonyl (C=O) groups excluding carboxylic acids is 2. The Morgan fingerprint density at radius 1 is 1.12 bits per heavy atom. The van der Waals surface area contributed by atoms with Gasteiger partial charge in [0, 0.05) is 21.6 Å². The largest absolute Gasteiger partial charge is 0.345 e. The summed E-state index contributed by atoms with van der Waals surface area (Å²) >= 11 is 3.35. The Hall–Kier alpha value is -1.73. The number of piperidine rings is 1. The van der Waals surface area contributed by atoms with Crippen molar-refractivity contribution in [3.8, 4) is 0 Å². The van der Waals surface area contributed by atoms with Gasteiger partial charge in [0.05, 0.1) is 6.21 Å². The summed E-state index contributed by atoms with van der Waals surface area (Å²) in [7, 11) is 0. The molecule has 2 amide bonds. The van der Waals surface area contributed by atoms with E-state index in [2.05, 4.69) is 64.8 Å². The number of carbonyl (C=O) groups is 2. The molecule has 0 bridgehead atoms. The van der Waals surface area contributed by atoms with Crippen LogP contribution in [0.5, 0.6) is 0 Å². The number of hydrazone groups is 1. The van der Waals surface area contributed by atoms with Crippen LogP contribution in [0.4, 0.5) is 0 Å². The minimum absolute atomic E-state index is 0.0556. The number of hydrogen-bond acceptors (Lipinski definition) is 4. The Balaban J connectivity index is 1.87. The molecule has 1 fully saturated rings. The first-order valence-electron chi connectivity index (χ1n) is 8.25. The lowest BCUT2D eigenvalue weighted by Gasteiger charge is -2.46. The van der Waals surface area contributed by atoms with Crippen LogP contribution >= 0.6 is 15.9 Å². The van der Waals surface area contributed by atoms with Crippen LogP contribution in [0.25, 0.3) is 0 Å². The smallest absolute Gasteiger partial charge is 0.329 e. The zero-order valence-corrected chi connectivity index (χ0v) is 16.6. The maximum atomic E-state index is 12.1. The average Bonchev–Trinajstić information content (AvgIpc) is 2.45. The summed E-state index contributed by atoms with van der Waals surface area (Å²) in [5, 5.41) is 10.2. The molecular formula is C18H25BrN4O2. The zero-order chi connectivity index (χ0) is 18.7. The van der Waals surface area contributed by atoms with Gasteiger partial charge in [-0.2, -0.15) is 5.10 Å². The Morgan fingerprint density at radius 2 is 1.68 bits per heavy atom. The molecule has 0 unspecified atom stereocenters. The van der Waals surface area contributed by atoms with E-state index in [9.17, 15) is 9.59 Å². The fourth-order valence-corrected chi connectivity index (χ4v) is 3.70. The van der Waals surface area contributed by atoms with Crippen molar-refractivity contribution in [2.45, 2.75) is 57.7 Å². The summed E-state index contributed by atoms with van der Waals surface area (Å²) in [6.07, 6.45) is 3.02. The Morgan fingerprint density at radius 3 is 2.24 bits per heavy atom. The van der Waals surface area contributed by atoms with E-state index in [4.69, 9.17) is 0 Å². The van der Waals surface area contributed by atoms with Crippen LogP contribution in [0.2, 0.25) is 0 Å². The van der Waals surface area contributed by atoms with E-state index in [1.165, 1.54) is 6.21 Å². The van der Waals surface area contributed by atoms with Crippen LogP contribution in [0.15, 0.2) is 33.8 Å². The molecule has 0 aliphatic carbocycles. The first-order chi connectivity index (χ1) is 11.6. The molecule has 0 atom stereocenters. The van der Waals surface area contributed by atoms with Crippen LogP contribution < -0.4 is 16.1 Å². The van der Waals surface area contributed by atoms with Gasteiger partial charge in [-0.1, -0.05) is 28.1 Å². The van der Waals surface area contributed by atoms with E-state index in [1.807, 2.05) is 24.3 Å². The molecule has 1 aromatic rings. The molecule has 7 heteroatoms. The average molecular weight is 409 g/mol. The first kappa shape index (κ1) is 19.6. The second-order valence-corrected chi connectivity index (χ2v) is 8.64. The second kappa shape index (κ2) is 7.66. The molecule has 0 radical (unpaired) electrons. The van der Waals surface area contributed by atoms with E-state index in [0.29, 0.717) is 0 Å². The van der Waals surface area contributed by atoms with Crippen LogP contribution in [0.1, 0.15) is 46.1 Å². The van der Waals surface area contributed by atoms with Crippen molar-refractivity contribution in [3.05, 3.63) is 34.3 Å². The van der Waals surface area contributed by atoms with Crippen LogP contribution in [0, 0.1) is 0 Å². The third-order valence-electron chi connectivity index (χ3n) is 3.98. The second-order valence-electron chi connectivity index (χ2n) is 7.72. The van der Waals surface area contributed by atoms with Crippen molar-refractivity contribution in [2.24, 2.45) is 5.10 Å². The topological polar surface area (TPSA) is 82.6 Å². The quantitative estimate of drug-likeness (QED) is 0.407. The molecule has 1 aliphatic heterocycles. The monoisotopic (exact) mass is 408 g/mol. The number of nitrogens with one attached hydrogen (secondary N) is 3. The van der Waals surface area contributed by atoms with Crippen molar-refractivity contribution >= 4 is 34.0 Å². The van der Waals surface area contributed by atoms with Gasteiger partial charge in [-0.05, 0) is 58.2 Å². The lowest BCUT2D eigenvalue weighted by Crippen LogP contribution is -2.62. The minimum Gasteiger partial charge on any atom is -0.345 e. The molecule has 1 aromatic carbocycles. The van der Waals surface area contributed by atoms with Gasteiger partial charge in [-0.25, -0.2) is 5.43 Å². The van der Waals surface area contributed by atoms with Gasteiger partial charge in [0.15, 0.2) is 0 Å². The van der Waals surface area contributed by atoms with Gasteiger partial charge in [0.2, 0.25) is 0 Å². The Labute approximate surface area is 157 Å². The van der Waals surface area contributed by atoms with Crippen molar-refractivity contribution in [3.63, 3.8) is 0 Å². The van der Waals surface area contributed by atoms with Gasteiger partial charge in [-0.3, -0.25) is 9.59 Å². The maximum absolute atomic E-state index is 12.1. The number of rotatable bonds is 3. The third kappa shape index (κ3) is 6.25. The molecule has 1 saturated heterocycles. The summed E-state index contributed by atoms with van der Waals surface area (Å²) in [6, 6.07) is 7.38. The van der Waals surface area contributed by atoms with Crippen molar-refractivity contribution in [1.29, 1.82) is 0 Å². The predicted octanol–water partition coefficient (Wildman–Crippen LogP) is 2.32. The van der Waals surface area contributed by atoms with Crippen LogP contribution in [-0.4, -0.2) is 35.1 Å². The number of nitrogens with zero attached hydrogens (tertiary/aromatic N) is 1. The Kier molecular flexibility index (Phi) is 6.00. The number of benzene rings is 1. The van der Waals surface area contributed by atoms with Crippen LogP contribution in [0.3, 0.4) is 0 Å². The van der Waals surface area contributed by atoms with Gasteiger partial charge < -0.3 is 10.6 Å². The van der Waals surface area contributed by atoms with E-state index in [0.717, 1.165) is 22.9 Å². The Bertz CT molecular complexity index is 652. The van der Waals surface area contributed by atoms with E-state index < -0.39 is 11.8 Å². The minimum atomic E-state index is -0.762. The highest BCUT2D eigenvalue weighted by molar-refractivity contribution is 9.10. The van der Waals surface area contributed by atoms with Crippen LogP contribution in [-0.2, 0) is 9.59 Å². The lowest BCUT2D eigenvalue weighted by atomic mass is 9.79. The molecule has 25 heavy (non-hydrogen) atoms. The standard InChI is InChI=1S/C18H25BrN4O2/c1-17(2)9-14(10-18(3,4)23-17)21-15(24)16(25)22-20-11-12-5-7-13(19)8-6-12/h5-8,11,14,23H,9-10H2,1-4H3,(H,21,24)(H,22,25)/b20-11-. The summed E-state index contributed by atoms with van der Waals surface area (Å²) in [5.41, 5.74) is 2.89. The summed E-state index contributed by atoms with van der Waals surface area (Å²) in [6.45, 7) is 8.37. The lowest BCUT2D eigenvalue weighted by molar-refractivity contribution is -0.140. The van der Waals surface area contributed by atoms with Gasteiger partial charge in [-0.15, -0.1) is 0 Å². The molecular weight excluding hydrogens is 384 g/mol. The number of hydrogen-bond donors (Lipinski definition) is 3. The van der Waals surface area contributed by atoms with Gasteiger partial charge in [0.25, 0.3) is 0 Å². The van der Waals surface area contributed by atoms with E-state index in [-0.39, 0.29) is 17.1 Å². The highest BCUT2D eigenvalue weighted by Crippen LogP contribution is 2.28. The molecule has 0 spiro atoms. The third-order valence-corrected chi connectivity index (χ3v) is 4.51. The summed E-state index contributed by atoms with van der Waals surface area (Å²) < 4.78 is 0.959. The van der Waals surface area contributed by atoms with Crippen molar-refractivity contribution in [1.82, 2.24) is 16.1 Å². The van der Waals surface area contributed by atoms with Gasteiger partial charge in [0.1, 0.15) is 0 Å². The highest BCUT2D eigenvalue weighted by Gasteiger charge is 2.38. The zero-order valence-electron chi connectivity index (χ0n) is 15.0. The number of amides is 2. The van der Waals surface area contributed by atoms with Crippen molar-refractivity contribution < 1.29 is 9.59 Å². The molecule has 0 saturated carbocycles. The first-order valence-corrected chi connectivity index (χ1v) is 9.04. The highest BCUT2D eigenvalue weighted by atomic mass is 79.9. The molecule has 3 N–H and O–H groups in total. The fraction of sp³-hybridized carbons (Fsp3) is 0.500. The normalized spacial score (nSPS) is 19.6. The molecule has 1 aliphatic rings.